The highest BCUT2D eigenvalue weighted by Crippen LogP contribution is 2.32. The molecular formula is C26H26F3N5O4S. The van der Waals surface area contributed by atoms with E-state index in [-0.39, 0.29) is 28.7 Å². The summed E-state index contributed by atoms with van der Waals surface area (Å²) in [4.78, 5) is 25.3. The summed E-state index contributed by atoms with van der Waals surface area (Å²) in [7, 11) is -3.61. The maximum Gasteiger partial charge on any atom is 0.493 e. The second-order valence-electron chi connectivity index (χ2n) is 9.61. The molecule has 1 aromatic carbocycles. The van der Waals surface area contributed by atoms with Crippen LogP contribution < -0.4 is 4.84 Å². The highest BCUT2D eigenvalue weighted by molar-refractivity contribution is 7.89. The lowest BCUT2D eigenvalue weighted by Crippen LogP contribution is -2.34. The normalized spacial score (nSPS) is 14.9. The fraction of sp³-hybridized carbons (Fsp3) is 0.346. The highest BCUT2D eigenvalue weighted by Gasteiger charge is 2.42. The average molecular weight is 562 g/mol. The van der Waals surface area contributed by atoms with Crippen LogP contribution in [0, 0.1) is 0 Å². The van der Waals surface area contributed by atoms with E-state index in [4.69, 9.17) is 4.84 Å². The minimum atomic E-state index is -5.21. The lowest BCUT2D eigenvalue weighted by Gasteiger charge is -2.15. The molecule has 0 N–H and O–H groups in total. The average Bonchev–Trinajstić information content (AvgIpc) is 3.65. The SMILES string of the molecule is CC(C)c1nccn1Cc1cc2c(-c3ccc(S(=O)(=O)N4CCCC4)cc3)ccnc2n1OC(=O)C(F)(F)F. The van der Waals surface area contributed by atoms with Crippen molar-refractivity contribution in [2.45, 2.75) is 50.2 Å². The molecule has 0 amide bonds. The van der Waals surface area contributed by atoms with E-state index in [9.17, 15) is 26.4 Å². The third kappa shape index (κ3) is 5.15. The molecule has 9 nitrogen and oxygen atoms in total. The summed E-state index contributed by atoms with van der Waals surface area (Å²) in [6, 6.07) is 9.59. The number of imidazole rings is 1. The molecule has 1 aliphatic heterocycles. The van der Waals surface area contributed by atoms with E-state index in [1.165, 1.54) is 22.6 Å². The first-order chi connectivity index (χ1) is 18.5. The first-order valence-electron chi connectivity index (χ1n) is 12.4. The highest BCUT2D eigenvalue weighted by atomic mass is 32.2. The van der Waals surface area contributed by atoms with Crippen molar-refractivity contribution in [1.82, 2.24) is 23.6 Å². The zero-order valence-electron chi connectivity index (χ0n) is 21.2. The first kappa shape index (κ1) is 26.9. The van der Waals surface area contributed by atoms with E-state index in [1.807, 2.05) is 13.8 Å². The number of hydrogen-bond donors (Lipinski definition) is 0. The number of nitrogens with zero attached hydrogens (tertiary/aromatic N) is 5. The molecule has 4 aromatic rings. The Morgan fingerprint density at radius 1 is 1.05 bits per heavy atom. The van der Waals surface area contributed by atoms with Crippen LogP contribution >= 0.6 is 0 Å². The molecule has 206 valence electrons. The van der Waals surface area contributed by atoms with Gasteiger partial charge in [0.1, 0.15) is 5.82 Å². The summed E-state index contributed by atoms with van der Waals surface area (Å²) in [5, 5.41) is 0.434. The Morgan fingerprint density at radius 3 is 2.38 bits per heavy atom. The molecule has 1 aliphatic rings. The van der Waals surface area contributed by atoms with Crippen LogP contribution in [-0.2, 0) is 21.4 Å². The number of carbonyl (C=O) groups is 1. The number of benzene rings is 1. The Kier molecular flexibility index (Phi) is 6.97. The maximum absolute atomic E-state index is 13.1. The molecule has 0 radical (unpaired) electrons. The number of hydrogen-bond acceptors (Lipinski definition) is 6. The van der Waals surface area contributed by atoms with Gasteiger partial charge in [-0.2, -0.15) is 22.2 Å². The molecule has 5 rings (SSSR count). The molecule has 0 unspecified atom stereocenters. The van der Waals surface area contributed by atoms with Crippen molar-refractivity contribution in [3.05, 3.63) is 66.5 Å². The van der Waals surface area contributed by atoms with Crippen molar-refractivity contribution >= 4 is 27.0 Å². The van der Waals surface area contributed by atoms with Gasteiger partial charge in [0, 0.05) is 43.0 Å². The summed E-state index contributed by atoms with van der Waals surface area (Å²) >= 11 is 0. The minimum Gasteiger partial charge on any atom is -0.329 e. The molecule has 1 fully saturated rings. The zero-order valence-corrected chi connectivity index (χ0v) is 22.0. The van der Waals surface area contributed by atoms with E-state index >= 15 is 0 Å². The number of sulfonamides is 1. The van der Waals surface area contributed by atoms with Crippen molar-refractivity contribution in [1.29, 1.82) is 0 Å². The van der Waals surface area contributed by atoms with E-state index in [0.717, 1.165) is 17.6 Å². The fourth-order valence-corrected chi connectivity index (χ4v) is 6.26. The van der Waals surface area contributed by atoms with Crippen LogP contribution in [0.15, 0.2) is 59.9 Å². The lowest BCUT2D eigenvalue weighted by molar-refractivity contribution is -0.199. The number of aromatic nitrogens is 4. The molecular weight excluding hydrogens is 535 g/mol. The largest absolute Gasteiger partial charge is 0.493 e. The van der Waals surface area contributed by atoms with Crippen molar-refractivity contribution in [2.24, 2.45) is 0 Å². The predicted octanol–water partition coefficient (Wildman–Crippen LogP) is 4.37. The van der Waals surface area contributed by atoms with Gasteiger partial charge in [0.05, 0.1) is 17.1 Å². The van der Waals surface area contributed by atoms with Crippen LogP contribution in [0.2, 0.25) is 0 Å². The van der Waals surface area contributed by atoms with Crippen LogP contribution in [-0.4, -0.2) is 57.2 Å². The second kappa shape index (κ2) is 10.1. The van der Waals surface area contributed by atoms with Gasteiger partial charge >= 0.3 is 12.1 Å². The Balaban J connectivity index is 1.58. The van der Waals surface area contributed by atoms with Crippen molar-refractivity contribution < 1.29 is 31.2 Å². The van der Waals surface area contributed by atoms with Crippen LogP contribution in [0.3, 0.4) is 0 Å². The van der Waals surface area contributed by atoms with Gasteiger partial charge in [-0.3, -0.25) is 0 Å². The molecule has 4 heterocycles. The van der Waals surface area contributed by atoms with E-state index < -0.39 is 22.2 Å². The van der Waals surface area contributed by atoms with Crippen LogP contribution in [0.4, 0.5) is 13.2 Å². The second-order valence-corrected chi connectivity index (χ2v) is 11.5. The van der Waals surface area contributed by atoms with Crippen molar-refractivity contribution in [3.8, 4) is 11.1 Å². The minimum absolute atomic E-state index is 0.0140. The smallest absolute Gasteiger partial charge is 0.329 e. The Bertz CT molecular complexity index is 1620. The van der Waals surface area contributed by atoms with Gasteiger partial charge in [-0.15, -0.1) is 0 Å². The fourth-order valence-electron chi connectivity index (χ4n) is 4.74. The third-order valence-electron chi connectivity index (χ3n) is 6.60. The molecule has 0 aliphatic carbocycles. The van der Waals surface area contributed by atoms with Gasteiger partial charge in [0.25, 0.3) is 0 Å². The number of pyridine rings is 1. The summed E-state index contributed by atoms with van der Waals surface area (Å²) in [6.07, 6.45) is 1.11. The summed E-state index contributed by atoms with van der Waals surface area (Å²) in [6.45, 7) is 4.91. The predicted molar refractivity (Wildman–Crippen MR) is 136 cm³/mol. The molecule has 13 heteroatoms. The first-order valence-corrected chi connectivity index (χ1v) is 13.8. The molecule has 0 atom stereocenters. The summed E-state index contributed by atoms with van der Waals surface area (Å²) in [5.41, 5.74) is 1.47. The van der Waals surface area contributed by atoms with E-state index in [0.29, 0.717) is 35.4 Å². The number of rotatable bonds is 7. The van der Waals surface area contributed by atoms with Gasteiger partial charge in [-0.05, 0) is 48.2 Å². The number of alkyl halides is 3. The van der Waals surface area contributed by atoms with Crippen LogP contribution in [0.1, 0.15) is 44.1 Å². The number of carbonyl (C=O) groups excluding carboxylic acids is 1. The van der Waals surface area contributed by atoms with Crippen LogP contribution in [0.25, 0.3) is 22.2 Å². The van der Waals surface area contributed by atoms with Gasteiger partial charge in [-0.1, -0.05) is 26.0 Å². The monoisotopic (exact) mass is 561 g/mol. The van der Waals surface area contributed by atoms with Crippen molar-refractivity contribution in [2.75, 3.05) is 13.1 Å². The Morgan fingerprint density at radius 2 is 1.74 bits per heavy atom. The molecule has 3 aromatic heterocycles. The van der Waals surface area contributed by atoms with Gasteiger partial charge in [0.15, 0.2) is 5.65 Å². The van der Waals surface area contributed by atoms with Crippen molar-refractivity contribution in [3.63, 3.8) is 0 Å². The quantitative estimate of drug-likeness (QED) is 0.332. The summed E-state index contributed by atoms with van der Waals surface area (Å²) in [5.74, 6) is -1.63. The Labute approximate surface area is 222 Å². The van der Waals surface area contributed by atoms with Gasteiger partial charge < -0.3 is 9.40 Å². The van der Waals surface area contributed by atoms with Gasteiger partial charge in [-0.25, -0.2) is 23.2 Å². The topological polar surface area (TPSA) is 99.3 Å². The number of fused-ring (bicyclic) bond motifs is 1. The zero-order chi connectivity index (χ0) is 27.9. The number of halogens is 3. The van der Waals surface area contributed by atoms with E-state index in [2.05, 4.69) is 9.97 Å². The third-order valence-corrected chi connectivity index (χ3v) is 8.52. The summed E-state index contributed by atoms with van der Waals surface area (Å²) < 4.78 is 69.2. The van der Waals surface area contributed by atoms with Crippen LogP contribution in [0.5, 0.6) is 0 Å². The molecule has 0 bridgehead atoms. The molecule has 39 heavy (non-hydrogen) atoms. The molecule has 1 saturated heterocycles. The Hall–Kier alpha value is -3.71. The van der Waals surface area contributed by atoms with Gasteiger partial charge in [0.2, 0.25) is 10.0 Å². The molecule has 0 saturated carbocycles. The maximum atomic E-state index is 13.1. The lowest BCUT2D eigenvalue weighted by atomic mass is 10.0. The van der Waals surface area contributed by atoms with E-state index in [1.54, 1.807) is 41.2 Å². The standard InChI is InChI=1S/C26H26F3N5O4S/c1-17(2)23-31-11-14-32(23)16-19-15-22-21(9-10-30-24(22)34(19)38-25(35)26(27,28)29)18-5-7-20(8-6-18)39(36,37)33-12-3-4-13-33/h5-11,14-15,17H,3-4,12-13,16H2,1-2H3. The molecule has 0 spiro atoms.